The van der Waals surface area contributed by atoms with Crippen molar-refractivity contribution in [2.45, 2.75) is 19.3 Å². The average Bonchev–Trinajstić information content (AvgIpc) is 2.28. The van der Waals surface area contributed by atoms with Crippen molar-refractivity contribution < 1.29 is 9.53 Å². The highest BCUT2D eigenvalue weighted by molar-refractivity contribution is 6.31. The van der Waals surface area contributed by atoms with Gasteiger partial charge in [-0.1, -0.05) is 31.5 Å². The van der Waals surface area contributed by atoms with Crippen molar-refractivity contribution in [2.75, 3.05) is 7.11 Å². The number of rotatable bonds is 4. The summed E-state index contributed by atoms with van der Waals surface area (Å²) < 4.78 is 5.08. The van der Waals surface area contributed by atoms with E-state index in [0.29, 0.717) is 16.3 Å². The number of carbonyl (C=O) groups is 1. The van der Waals surface area contributed by atoms with Crippen molar-refractivity contribution in [3.8, 4) is 5.75 Å². The van der Waals surface area contributed by atoms with Crippen LogP contribution in [0, 0.1) is 0 Å². The van der Waals surface area contributed by atoms with Crippen molar-refractivity contribution in [2.24, 2.45) is 0 Å². The zero-order chi connectivity index (χ0) is 12.3. The zero-order valence-electron chi connectivity index (χ0n) is 9.71. The molecule has 0 aliphatic rings. The molecule has 2 nitrogen and oxygen atoms in total. The third-order valence-corrected chi connectivity index (χ3v) is 2.96. The van der Waals surface area contributed by atoms with Gasteiger partial charge in [0.1, 0.15) is 5.75 Å². The predicted molar refractivity (Wildman–Crippen MR) is 66.6 cm³/mol. The number of carbonyl (C=O) groups excluding carboxylic acids is 1. The molecule has 3 heteroatoms. The first-order valence-electron chi connectivity index (χ1n) is 4.93. The summed E-state index contributed by atoms with van der Waals surface area (Å²) in [6, 6.07) is 3.40. The van der Waals surface area contributed by atoms with Gasteiger partial charge in [0.05, 0.1) is 12.7 Å². The number of allylic oxidation sites excluding steroid dienone is 1. The summed E-state index contributed by atoms with van der Waals surface area (Å²) in [5, 5.41) is 0.576. The van der Waals surface area contributed by atoms with Gasteiger partial charge < -0.3 is 4.74 Å². The van der Waals surface area contributed by atoms with E-state index in [1.807, 2.05) is 13.8 Å². The second-order valence-corrected chi connectivity index (χ2v) is 4.52. The minimum Gasteiger partial charge on any atom is -0.496 e. The molecule has 16 heavy (non-hydrogen) atoms. The first-order valence-corrected chi connectivity index (χ1v) is 5.31. The molecule has 0 saturated carbocycles. The maximum Gasteiger partial charge on any atom is 0.153 e. The molecule has 0 bridgehead atoms. The van der Waals surface area contributed by atoms with Crippen molar-refractivity contribution in [3.63, 3.8) is 0 Å². The molecule has 1 aromatic rings. The van der Waals surface area contributed by atoms with E-state index in [1.54, 1.807) is 18.2 Å². The molecule has 0 aliphatic carbocycles. The van der Waals surface area contributed by atoms with Crippen LogP contribution in [-0.4, -0.2) is 13.4 Å². The predicted octanol–water partition coefficient (Wildman–Crippen LogP) is 3.62. The molecule has 0 N–H and O–H groups in total. The van der Waals surface area contributed by atoms with E-state index >= 15 is 0 Å². The highest BCUT2D eigenvalue weighted by atomic mass is 35.5. The minimum atomic E-state index is -0.277. The van der Waals surface area contributed by atoms with E-state index in [4.69, 9.17) is 16.3 Å². The first kappa shape index (κ1) is 12.8. The molecule has 0 spiro atoms. The van der Waals surface area contributed by atoms with Crippen LogP contribution < -0.4 is 4.74 Å². The smallest absolute Gasteiger partial charge is 0.153 e. The molecule has 0 amide bonds. The molecule has 0 fully saturated rings. The van der Waals surface area contributed by atoms with Crippen LogP contribution in [0.4, 0.5) is 0 Å². The summed E-state index contributed by atoms with van der Waals surface area (Å²) in [6.45, 7) is 7.75. The molecular weight excluding hydrogens is 224 g/mol. The number of hydrogen-bond acceptors (Lipinski definition) is 2. The third kappa shape index (κ3) is 2.27. The van der Waals surface area contributed by atoms with Gasteiger partial charge in [-0.05, 0) is 17.7 Å². The fraction of sp³-hybridized carbons (Fsp3) is 0.308. The molecule has 1 aromatic carbocycles. The Kier molecular flexibility index (Phi) is 3.76. The van der Waals surface area contributed by atoms with E-state index in [2.05, 4.69) is 6.58 Å². The summed E-state index contributed by atoms with van der Waals surface area (Å²) in [6.07, 6.45) is 2.56. The van der Waals surface area contributed by atoms with E-state index in [-0.39, 0.29) is 5.41 Å². The van der Waals surface area contributed by atoms with Crippen LogP contribution in [0.2, 0.25) is 5.02 Å². The molecule has 0 radical (unpaired) electrons. The van der Waals surface area contributed by atoms with Gasteiger partial charge in [0.2, 0.25) is 0 Å². The third-order valence-electron chi connectivity index (χ3n) is 2.65. The lowest BCUT2D eigenvalue weighted by atomic mass is 9.84. The van der Waals surface area contributed by atoms with Crippen LogP contribution in [0.15, 0.2) is 24.8 Å². The largest absolute Gasteiger partial charge is 0.496 e. The monoisotopic (exact) mass is 238 g/mol. The Labute approximate surface area is 101 Å². The number of ether oxygens (including phenoxy) is 1. The SMILES string of the molecule is C=CC(C)(C)c1cc(C=O)c(OC)cc1Cl. The molecule has 0 aromatic heterocycles. The Balaban J connectivity index is 3.43. The van der Waals surface area contributed by atoms with Crippen molar-refractivity contribution >= 4 is 17.9 Å². The van der Waals surface area contributed by atoms with Gasteiger partial charge in [-0.2, -0.15) is 0 Å². The number of aldehydes is 1. The maximum absolute atomic E-state index is 10.9. The number of methoxy groups -OCH3 is 1. The number of hydrogen-bond donors (Lipinski definition) is 0. The van der Waals surface area contributed by atoms with Gasteiger partial charge in [-0.15, -0.1) is 6.58 Å². The lowest BCUT2D eigenvalue weighted by Crippen LogP contribution is -2.14. The summed E-state index contributed by atoms with van der Waals surface area (Å²) in [7, 11) is 1.51. The van der Waals surface area contributed by atoms with Gasteiger partial charge in [0.15, 0.2) is 6.29 Å². The maximum atomic E-state index is 10.9. The highest BCUT2D eigenvalue weighted by Gasteiger charge is 2.21. The standard InChI is InChI=1S/C13H15ClO2/c1-5-13(2,3)10-6-9(8-15)12(16-4)7-11(10)14/h5-8H,1H2,2-4H3. The number of benzene rings is 1. The van der Waals surface area contributed by atoms with Crippen molar-refractivity contribution in [1.82, 2.24) is 0 Å². The van der Waals surface area contributed by atoms with Crippen LogP contribution in [0.1, 0.15) is 29.8 Å². The second kappa shape index (κ2) is 4.71. The molecule has 0 aliphatic heterocycles. The molecule has 1 rings (SSSR count). The van der Waals surface area contributed by atoms with Crippen LogP contribution >= 0.6 is 11.6 Å². The highest BCUT2D eigenvalue weighted by Crippen LogP contribution is 2.35. The molecule has 0 saturated heterocycles. The zero-order valence-corrected chi connectivity index (χ0v) is 10.5. The van der Waals surface area contributed by atoms with E-state index in [1.165, 1.54) is 7.11 Å². The van der Waals surface area contributed by atoms with Gasteiger partial charge in [0, 0.05) is 10.4 Å². The van der Waals surface area contributed by atoms with E-state index < -0.39 is 0 Å². The van der Waals surface area contributed by atoms with Crippen molar-refractivity contribution in [3.05, 3.63) is 40.9 Å². The van der Waals surface area contributed by atoms with Gasteiger partial charge >= 0.3 is 0 Å². The topological polar surface area (TPSA) is 26.3 Å². The summed E-state index contributed by atoms with van der Waals surface area (Å²) in [4.78, 5) is 10.9. The molecular formula is C13H15ClO2. The average molecular weight is 239 g/mol. The fourth-order valence-corrected chi connectivity index (χ4v) is 1.84. The Morgan fingerprint density at radius 1 is 1.44 bits per heavy atom. The van der Waals surface area contributed by atoms with Gasteiger partial charge in [0.25, 0.3) is 0 Å². The lowest BCUT2D eigenvalue weighted by molar-refractivity contribution is 0.112. The van der Waals surface area contributed by atoms with Crippen LogP contribution in [0.25, 0.3) is 0 Å². The summed E-state index contributed by atoms with van der Waals surface area (Å²) in [5.41, 5.74) is 1.09. The quantitative estimate of drug-likeness (QED) is 0.592. The van der Waals surface area contributed by atoms with Crippen molar-refractivity contribution in [1.29, 1.82) is 0 Å². The lowest BCUT2D eigenvalue weighted by Gasteiger charge is -2.23. The Bertz CT molecular complexity index is 422. The second-order valence-electron chi connectivity index (χ2n) is 4.12. The Morgan fingerprint density at radius 3 is 2.50 bits per heavy atom. The summed E-state index contributed by atoms with van der Waals surface area (Å²) >= 11 is 6.16. The molecule has 86 valence electrons. The van der Waals surface area contributed by atoms with Crippen LogP contribution in [-0.2, 0) is 5.41 Å². The van der Waals surface area contributed by atoms with Gasteiger partial charge in [-0.3, -0.25) is 4.79 Å². The fourth-order valence-electron chi connectivity index (χ4n) is 1.44. The minimum absolute atomic E-state index is 0.277. The van der Waals surface area contributed by atoms with Crippen LogP contribution in [0.5, 0.6) is 5.75 Å². The molecule has 0 heterocycles. The Morgan fingerprint density at radius 2 is 2.06 bits per heavy atom. The number of halogens is 1. The normalized spacial score (nSPS) is 11.0. The van der Waals surface area contributed by atoms with E-state index in [9.17, 15) is 4.79 Å². The molecule has 0 unspecified atom stereocenters. The van der Waals surface area contributed by atoms with Gasteiger partial charge in [-0.25, -0.2) is 0 Å². The molecule has 0 atom stereocenters. The van der Waals surface area contributed by atoms with E-state index in [0.717, 1.165) is 11.8 Å². The van der Waals surface area contributed by atoms with Crippen LogP contribution in [0.3, 0.4) is 0 Å². The Hall–Kier alpha value is -1.28. The summed E-state index contributed by atoms with van der Waals surface area (Å²) in [5.74, 6) is 0.489. The first-order chi connectivity index (χ1) is 7.46.